The van der Waals surface area contributed by atoms with Gasteiger partial charge >= 0.3 is 0 Å². The van der Waals surface area contributed by atoms with Crippen LogP contribution in [0.1, 0.15) is 19.7 Å². The maximum Gasteiger partial charge on any atom is 0.168 e. The van der Waals surface area contributed by atoms with Crippen molar-refractivity contribution in [3.63, 3.8) is 0 Å². The number of rotatable bonds is 1. The van der Waals surface area contributed by atoms with E-state index in [2.05, 4.69) is 10.2 Å². The summed E-state index contributed by atoms with van der Waals surface area (Å²) in [4.78, 5) is 0. The Morgan fingerprint density at radius 1 is 1.43 bits per heavy atom. The van der Waals surface area contributed by atoms with Crippen molar-refractivity contribution < 1.29 is 5.11 Å². The molecular formula is C9H12N4O. The minimum absolute atomic E-state index is 0.507. The predicted molar refractivity (Wildman–Crippen MR) is 52.6 cm³/mol. The predicted octanol–water partition coefficient (Wildman–Crippen LogP) is 0.539. The van der Waals surface area contributed by atoms with Crippen LogP contribution in [0.15, 0.2) is 18.3 Å². The van der Waals surface area contributed by atoms with E-state index in [9.17, 15) is 5.11 Å². The average Bonchev–Trinajstić information content (AvgIpc) is 2.45. The molecule has 0 aliphatic carbocycles. The Hall–Kier alpha value is -1.62. The van der Waals surface area contributed by atoms with E-state index in [0.717, 1.165) is 0 Å². The number of nitrogen functional groups attached to an aromatic ring is 1. The summed E-state index contributed by atoms with van der Waals surface area (Å²) in [6, 6.07) is 3.45. The Morgan fingerprint density at radius 2 is 2.14 bits per heavy atom. The third-order valence-corrected chi connectivity index (χ3v) is 1.98. The maximum atomic E-state index is 9.79. The van der Waals surface area contributed by atoms with Gasteiger partial charge in [0.25, 0.3) is 0 Å². The van der Waals surface area contributed by atoms with E-state index < -0.39 is 5.60 Å². The van der Waals surface area contributed by atoms with E-state index in [4.69, 9.17) is 5.73 Å². The van der Waals surface area contributed by atoms with Gasteiger partial charge in [-0.05, 0) is 19.9 Å². The van der Waals surface area contributed by atoms with Crippen molar-refractivity contribution in [1.29, 1.82) is 0 Å². The number of fused-ring (bicyclic) bond motifs is 1. The van der Waals surface area contributed by atoms with Crippen LogP contribution in [0.25, 0.3) is 5.65 Å². The summed E-state index contributed by atoms with van der Waals surface area (Å²) in [7, 11) is 0. The molecule has 2 heterocycles. The van der Waals surface area contributed by atoms with Gasteiger partial charge in [-0.1, -0.05) is 0 Å². The van der Waals surface area contributed by atoms with E-state index in [-0.39, 0.29) is 0 Å². The first-order chi connectivity index (χ1) is 6.48. The van der Waals surface area contributed by atoms with Gasteiger partial charge in [0.15, 0.2) is 11.5 Å². The molecule has 2 aromatic rings. The molecule has 0 aromatic carbocycles. The SMILES string of the molecule is CC(C)(O)c1nnc2cc(N)ccn12. The second kappa shape index (κ2) is 2.68. The molecule has 3 N–H and O–H groups in total. The summed E-state index contributed by atoms with van der Waals surface area (Å²) in [5.74, 6) is 0.507. The fraction of sp³-hybridized carbons (Fsp3) is 0.333. The molecule has 5 heteroatoms. The summed E-state index contributed by atoms with van der Waals surface area (Å²) < 4.78 is 1.72. The molecule has 0 saturated heterocycles. The number of hydrogen-bond donors (Lipinski definition) is 2. The maximum absolute atomic E-state index is 9.79. The first kappa shape index (κ1) is 8.96. The molecule has 0 spiro atoms. The zero-order valence-electron chi connectivity index (χ0n) is 8.10. The largest absolute Gasteiger partial charge is 0.399 e. The fourth-order valence-corrected chi connectivity index (χ4v) is 1.32. The second-order valence-electron chi connectivity index (χ2n) is 3.77. The standard InChI is InChI=1S/C9H12N4O/c1-9(2,14)8-12-11-7-5-6(10)3-4-13(7)8/h3-5,14H,10H2,1-2H3. The molecule has 14 heavy (non-hydrogen) atoms. The lowest BCUT2D eigenvalue weighted by Gasteiger charge is -2.14. The zero-order valence-corrected chi connectivity index (χ0v) is 8.10. The smallest absolute Gasteiger partial charge is 0.168 e. The van der Waals surface area contributed by atoms with E-state index >= 15 is 0 Å². The molecule has 2 aromatic heterocycles. The summed E-state index contributed by atoms with van der Waals surface area (Å²) in [5.41, 5.74) is 5.87. The van der Waals surface area contributed by atoms with Gasteiger partial charge in [-0.15, -0.1) is 10.2 Å². The van der Waals surface area contributed by atoms with Crippen LogP contribution in [0.2, 0.25) is 0 Å². The highest BCUT2D eigenvalue weighted by atomic mass is 16.3. The Kier molecular flexibility index (Phi) is 1.72. The molecule has 0 aliphatic heterocycles. The summed E-state index contributed by atoms with van der Waals surface area (Å²) in [5, 5.41) is 17.6. The van der Waals surface area contributed by atoms with Gasteiger partial charge in [-0.2, -0.15) is 0 Å². The van der Waals surface area contributed by atoms with Crippen molar-refractivity contribution in [3.8, 4) is 0 Å². The monoisotopic (exact) mass is 192 g/mol. The molecule has 0 aliphatic rings. The Labute approximate surface area is 81.2 Å². The van der Waals surface area contributed by atoms with Gasteiger partial charge in [0.05, 0.1) is 0 Å². The topological polar surface area (TPSA) is 76.4 Å². The minimum Gasteiger partial charge on any atom is -0.399 e. The van der Waals surface area contributed by atoms with Crippen molar-refractivity contribution in [3.05, 3.63) is 24.2 Å². The minimum atomic E-state index is -1.00. The molecule has 0 saturated carbocycles. The molecule has 0 bridgehead atoms. The average molecular weight is 192 g/mol. The lowest BCUT2D eigenvalue weighted by molar-refractivity contribution is 0.0676. The normalized spacial score (nSPS) is 12.2. The molecule has 5 nitrogen and oxygen atoms in total. The van der Waals surface area contributed by atoms with Gasteiger partial charge in [0.2, 0.25) is 0 Å². The number of nitrogens with two attached hydrogens (primary N) is 1. The summed E-state index contributed by atoms with van der Waals surface area (Å²) in [6.07, 6.45) is 1.75. The van der Waals surface area contributed by atoms with Crippen LogP contribution < -0.4 is 5.73 Å². The third-order valence-electron chi connectivity index (χ3n) is 1.98. The van der Waals surface area contributed by atoms with Crippen LogP contribution in [0.4, 0.5) is 5.69 Å². The quantitative estimate of drug-likeness (QED) is 0.691. The molecule has 0 radical (unpaired) electrons. The van der Waals surface area contributed by atoms with E-state index in [1.165, 1.54) is 0 Å². The van der Waals surface area contributed by atoms with Crippen LogP contribution >= 0.6 is 0 Å². The van der Waals surface area contributed by atoms with Gasteiger partial charge in [0, 0.05) is 18.0 Å². The van der Waals surface area contributed by atoms with Crippen molar-refractivity contribution in [1.82, 2.24) is 14.6 Å². The van der Waals surface area contributed by atoms with Crippen molar-refractivity contribution in [2.24, 2.45) is 0 Å². The molecular weight excluding hydrogens is 180 g/mol. The number of hydrogen-bond acceptors (Lipinski definition) is 4. The Morgan fingerprint density at radius 3 is 2.79 bits per heavy atom. The Balaban J connectivity index is 2.70. The third kappa shape index (κ3) is 1.31. The highest BCUT2D eigenvalue weighted by Gasteiger charge is 2.22. The highest BCUT2D eigenvalue weighted by Crippen LogP contribution is 2.18. The fourth-order valence-electron chi connectivity index (χ4n) is 1.32. The number of anilines is 1. The van der Waals surface area contributed by atoms with Crippen molar-refractivity contribution in [2.45, 2.75) is 19.4 Å². The van der Waals surface area contributed by atoms with E-state index in [1.54, 1.807) is 36.6 Å². The number of aromatic nitrogens is 3. The molecule has 0 fully saturated rings. The second-order valence-corrected chi connectivity index (χ2v) is 3.77. The summed E-state index contributed by atoms with van der Waals surface area (Å²) in [6.45, 7) is 3.33. The van der Waals surface area contributed by atoms with Crippen LogP contribution in [0.5, 0.6) is 0 Å². The van der Waals surface area contributed by atoms with Gasteiger partial charge < -0.3 is 10.8 Å². The zero-order chi connectivity index (χ0) is 10.3. The highest BCUT2D eigenvalue weighted by molar-refractivity contribution is 5.51. The van der Waals surface area contributed by atoms with Gasteiger partial charge in [0.1, 0.15) is 5.60 Å². The number of pyridine rings is 1. The van der Waals surface area contributed by atoms with Gasteiger partial charge in [-0.25, -0.2) is 0 Å². The number of aliphatic hydroxyl groups is 1. The van der Waals surface area contributed by atoms with E-state index in [0.29, 0.717) is 17.2 Å². The lowest BCUT2D eigenvalue weighted by atomic mass is 10.1. The van der Waals surface area contributed by atoms with Crippen LogP contribution in [-0.4, -0.2) is 19.7 Å². The molecule has 0 amide bonds. The molecule has 0 unspecified atom stereocenters. The first-order valence-electron chi connectivity index (χ1n) is 4.31. The van der Waals surface area contributed by atoms with Crippen molar-refractivity contribution >= 4 is 11.3 Å². The molecule has 0 atom stereocenters. The molecule has 2 rings (SSSR count). The molecule has 74 valence electrons. The van der Waals surface area contributed by atoms with Gasteiger partial charge in [-0.3, -0.25) is 4.40 Å². The van der Waals surface area contributed by atoms with Crippen molar-refractivity contribution in [2.75, 3.05) is 5.73 Å². The lowest BCUT2D eigenvalue weighted by Crippen LogP contribution is -2.19. The van der Waals surface area contributed by atoms with Crippen LogP contribution in [-0.2, 0) is 5.60 Å². The van der Waals surface area contributed by atoms with Crippen LogP contribution in [0.3, 0.4) is 0 Å². The van der Waals surface area contributed by atoms with E-state index in [1.807, 2.05) is 0 Å². The first-order valence-corrected chi connectivity index (χ1v) is 4.31. The Bertz CT molecular complexity index is 469. The number of nitrogens with zero attached hydrogens (tertiary/aromatic N) is 3. The summed E-state index contributed by atoms with van der Waals surface area (Å²) >= 11 is 0. The van der Waals surface area contributed by atoms with Crippen LogP contribution in [0, 0.1) is 0 Å².